The zero-order chi connectivity index (χ0) is 12.6. The number of hydrogen-bond donors (Lipinski definition) is 0. The minimum atomic E-state index is -0.246. The molecule has 0 saturated carbocycles. The van der Waals surface area contributed by atoms with Gasteiger partial charge in [0.05, 0.1) is 20.6 Å². The Bertz CT molecular complexity index is 463. The van der Waals surface area contributed by atoms with Crippen LogP contribution in [0.25, 0.3) is 0 Å². The Hall–Kier alpha value is -1.71. The van der Waals surface area contributed by atoms with Crippen molar-refractivity contribution in [2.75, 3.05) is 14.2 Å². The highest BCUT2D eigenvalue weighted by Crippen LogP contribution is 2.48. The van der Waals surface area contributed by atoms with Gasteiger partial charge in [0.1, 0.15) is 0 Å². The van der Waals surface area contributed by atoms with E-state index in [2.05, 4.69) is 0 Å². The fourth-order valence-electron chi connectivity index (χ4n) is 2.14. The Kier molecular flexibility index (Phi) is 2.73. The van der Waals surface area contributed by atoms with Crippen molar-refractivity contribution in [3.05, 3.63) is 17.7 Å². The second kappa shape index (κ2) is 3.95. The Morgan fingerprint density at radius 2 is 1.94 bits per heavy atom. The van der Waals surface area contributed by atoms with Crippen LogP contribution in [0.2, 0.25) is 0 Å². The first-order chi connectivity index (χ1) is 7.99. The first kappa shape index (κ1) is 11.8. The lowest BCUT2D eigenvalue weighted by molar-refractivity contribution is -0.137. The van der Waals surface area contributed by atoms with Crippen molar-refractivity contribution >= 4 is 5.97 Å². The largest absolute Gasteiger partial charge is 0.493 e. The van der Waals surface area contributed by atoms with Crippen LogP contribution in [-0.2, 0) is 10.2 Å². The number of carbonyl (C=O) groups is 1. The number of benzene rings is 1. The van der Waals surface area contributed by atoms with Crippen molar-refractivity contribution in [2.45, 2.75) is 25.7 Å². The molecular weight excluding hydrogens is 220 g/mol. The van der Waals surface area contributed by atoms with Crippen molar-refractivity contribution in [1.29, 1.82) is 0 Å². The summed E-state index contributed by atoms with van der Waals surface area (Å²) in [5.74, 6) is 1.28. The molecular formula is C13H16O4. The lowest BCUT2D eigenvalue weighted by atomic mass is 9.79. The number of rotatable bonds is 2. The van der Waals surface area contributed by atoms with E-state index in [4.69, 9.17) is 14.2 Å². The highest BCUT2D eigenvalue weighted by molar-refractivity contribution is 5.79. The number of methoxy groups -OCH3 is 2. The van der Waals surface area contributed by atoms with E-state index >= 15 is 0 Å². The molecule has 1 heterocycles. The molecule has 0 atom stereocenters. The number of fused-ring (bicyclic) bond motifs is 1. The van der Waals surface area contributed by atoms with E-state index in [1.54, 1.807) is 7.11 Å². The number of carbonyl (C=O) groups excluding carboxylic acids is 1. The fourth-order valence-corrected chi connectivity index (χ4v) is 2.14. The second-order valence-corrected chi connectivity index (χ2v) is 4.71. The average molecular weight is 236 g/mol. The van der Waals surface area contributed by atoms with E-state index in [1.165, 1.54) is 7.11 Å². The summed E-state index contributed by atoms with van der Waals surface area (Å²) in [5.41, 5.74) is 0.722. The SMILES string of the molecule is COc1ccc2c(c1OC)OC(=O)CC2(C)C. The molecule has 0 saturated heterocycles. The molecule has 0 N–H and O–H groups in total. The summed E-state index contributed by atoms with van der Waals surface area (Å²) in [5, 5.41) is 0. The third-order valence-corrected chi connectivity index (χ3v) is 3.03. The first-order valence-electron chi connectivity index (χ1n) is 5.45. The molecule has 0 spiro atoms. The van der Waals surface area contributed by atoms with Crippen LogP contribution in [0.15, 0.2) is 12.1 Å². The summed E-state index contributed by atoms with van der Waals surface area (Å²) >= 11 is 0. The molecule has 0 bridgehead atoms. The van der Waals surface area contributed by atoms with Gasteiger partial charge in [-0.3, -0.25) is 4.79 Å². The minimum absolute atomic E-state index is 0.242. The quantitative estimate of drug-likeness (QED) is 0.583. The van der Waals surface area contributed by atoms with Gasteiger partial charge in [0.25, 0.3) is 0 Å². The number of esters is 1. The van der Waals surface area contributed by atoms with Gasteiger partial charge in [-0.25, -0.2) is 0 Å². The number of hydrogen-bond acceptors (Lipinski definition) is 4. The Labute approximate surface area is 100 Å². The monoisotopic (exact) mass is 236 g/mol. The minimum Gasteiger partial charge on any atom is -0.493 e. The number of ether oxygens (including phenoxy) is 3. The van der Waals surface area contributed by atoms with Gasteiger partial charge in [0, 0.05) is 11.0 Å². The van der Waals surface area contributed by atoms with Crippen LogP contribution in [0.4, 0.5) is 0 Å². The van der Waals surface area contributed by atoms with E-state index in [-0.39, 0.29) is 11.4 Å². The van der Waals surface area contributed by atoms with Crippen molar-refractivity contribution < 1.29 is 19.0 Å². The van der Waals surface area contributed by atoms with Crippen molar-refractivity contribution in [1.82, 2.24) is 0 Å². The van der Waals surface area contributed by atoms with Crippen LogP contribution in [0, 0.1) is 0 Å². The summed E-state index contributed by atoms with van der Waals surface area (Å²) in [6.07, 6.45) is 0.371. The summed E-state index contributed by atoms with van der Waals surface area (Å²) in [7, 11) is 3.09. The third-order valence-electron chi connectivity index (χ3n) is 3.03. The van der Waals surface area contributed by atoms with Crippen LogP contribution in [0.1, 0.15) is 25.8 Å². The molecule has 0 radical (unpaired) electrons. The predicted octanol–water partition coefficient (Wildman–Crippen LogP) is 2.29. The zero-order valence-corrected chi connectivity index (χ0v) is 10.5. The van der Waals surface area contributed by atoms with Gasteiger partial charge in [-0.15, -0.1) is 0 Å². The summed E-state index contributed by atoms with van der Waals surface area (Å²) in [6.45, 7) is 4.02. The molecule has 0 unspecified atom stereocenters. The van der Waals surface area contributed by atoms with Crippen LogP contribution >= 0.6 is 0 Å². The van der Waals surface area contributed by atoms with Gasteiger partial charge in [0.15, 0.2) is 11.5 Å². The molecule has 17 heavy (non-hydrogen) atoms. The average Bonchev–Trinajstić information content (AvgIpc) is 2.26. The third kappa shape index (κ3) is 1.84. The fraction of sp³-hybridized carbons (Fsp3) is 0.462. The molecule has 2 rings (SSSR count). The topological polar surface area (TPSA) is 44.8 Å². The van der Waals surface area contributed by atoms with Crippen LogP contribution in [0.5, 0.6) is 17.2 Å². The van der Waals surface area contributed by atoms with Gasteiger partial charge >= 0.3 is 5.97 Å². The molecule has 4 nitrogen and oxygen atoms in total. The molecule has 1 aliphatic heterocycles. The van der Waals surface area contributed by atoms with Crippen molar-refractivity contribution in [2.24, 2.45) is 0 Å². The van der Waals surface area contributed by atoms with Gasteiger partial charge < -0.3 is 14.2 Å². The van der Waals surface area contributed by atoms with Crippen molar-refractivity contribution in [3.8, 4) is 17.2 Å². The second-order valence-electron chi connectivity index (χ2n) is 4.71. The predicted molar refractivity (Wildman–Crippen MR) is 62.8 cm³/mol. The van der Waals surface area contributed by atoms with Gasteiger partial charge in [-0.2, -0.15) is 0 Å². The van der Waals surface area contributed by atoms with Gasteiger partial charge in [0.2, 0.25) is 5.75 Å². The van der Waals surface area contributed by atoms with Crippen LogP contribution in [0.3, 0.4) is 0 Å². The molecule has 1 aromatic carbocycles. The lowest BCUT2D eigenvalue weighted by Gasteiger charge is -2.32. The highest BCUT2D eigenvalue weighted by Gasteiger charge is 2.36. The van der Waals surface area contributed by atoms with Crippen LogP contribution in [-0.4, -0.2) is 20.2 Å². The molecule has 0 aromatic heterocycles. The molecule has 0 amide bonds. The maximum absolute atomic E-state index is 11.6. The van der Waals surface area contributed by atoms with Crippen molar-refractivity contribution in [3.63, 3.8) is 0 Å². The van der Waals surface area contributed by atoms with Gasteiger partial charge in [-0.05, 0) is 6.07 Å². The van der Waals surface area contributed by atoms with E-state index in [9.17, 15) is 4.79 Å². The molecule has 0 fully saturated rings. The Morgan fingerprint density at radius 3 is 2.53 bits per heavy atom. The Morgan fingerprint density at radius 1 is 1.24 bits per heavy atom. The standard InChI is InChI=1S/C13H16O4/c1-13(2)7-10(14)17-11-8(13)5-6-9(15-3)12(11)16-4/h5-6H,7H2,1-4H3. The molecule has 0 aliphatic carbocycles. The first-order valence-corrected chi connectivity index (χ1v) is 5.45. The normalized spacial score (nSPS) is 17.1. The van der Waals surface area contributed by atoms with E-state index in [0.717, 1.165) is 5.56 Å². The molecule has 1 aromatic rings. The lowest BCUT2D eigenvalue weighted by Crippen LogP contribution is -2.30. The smallest absolute Gasteiger partial charge is 0.312 e. The van der Waals surface area contributed by atoms with E-state index < -0.39 is 0 Å². The summed E-state index contributed by atoms with van der Waals surface area (Å²) < 4.78 is 15.8. The zero-order valence-electron chi connectivity index (χ0n) is 10.5. The summed E-state index contributed by atoms with van der Waals surface area (Å²) in [6, 6.07) is 3.75. The van der Waals surface area contributed by atoms with E-state index in [1.807, 2.05) is 26.0 Å². The van der Waals surface area contributed by atoms with Gasteiger partial charge in [-0.1, -0.05) is 19.9 Å². The summed E-state index contributed by atoms with van der Waals surface area (Å²) in [4.78, 5) is 11.6. The van der Waals surface area contributed by atoms with E-state index in [0.29, 0.717) is 23.7 Å². The molecule has 4 heteroatoms. The maximum Gasteiger partial charge on any atom is 0.312 e. The molecule has 1 aliphatic rings. The molecule has 92 valence electrons. The Balaban J connectivity index is 2.65. The van der Waals surface area contributed by atoms with Crippen LogP contribution < -0.4 is 14.2 Å². The maximum atomic E-state index is 11.6. The highest BCUT2D eigenvalue weighted by atomic mass is 16.6.